The second-order valence-corrected chi connectivity index (χ2v) is 2.25. The summed E-state index contributed by atoms with van der Waals surface area (Å²) < 4.78 is 0. The molecule has 0 N–H and O–H groups in total. The summed E-state index contributed by atoms with van der Waals surface area (Å²) in [6.07, 6.45) is 2.96. The molecule has 0 unspecified atom stereocenters. The van der Waals surface area contributed by atoms with Crippen molar-refractivity contribution in [1.82, 2.24) is 0 Å². The molecule has 0 saturated carbocycles. The maximum absolute atomic E-state index is 11.0. The highest BCUT2D eigenvalue weighted by atomic mass is 16.1. The van der Waals surface area contributed by atoms with Crippen LogP contribution in [0.3, 0.4) is 0 Å². The van der Waals surface area contributed by atoms with E-state index in [1.165, 1.54) is 6.08 Å². The van der Waals surface area contributed by atoms with Gasteiger partial charge in [-0.25, -0.2) is 0 Å². The first kappa shape index (κ1) is 8.40. The fourth-order valence-electron chi connectivity index (χ4n) is 0.820. The maximum atomic E-state index is 11.0. The Morgan fingerprint density at radius 3 is 2.33 bits per heavy atom. The summed E-state index contributed by atoms with van der Waals surface area (Å²) in [6.45, 7) is 3.35. The van der Waals surface area contributed by atoms with Crippen LogP contribution in [-0.4, -0.2) is 12.1 Å². The maximum Gasteiger partial charge on any atom is 0.233 e. The highest BCUT2D eigenvalue weighted by Crippen LogP contribution is 2.03. The molecule has 0 saturated heterocycles. The largest absolute Gasteiger partial charge is 0.289 e. The minimum Gasteiger partial charge on any atom is -0.289 e. The summed E-state index contributed by atoms with van der Waals surface area (Å²) in [6, 6.07) is 6.24. The van der Waals surface area contributed by atoms with E-state index in [-0.39, 0.29) is 5.78 Å². The van der Waals surface area contributed by atoms with Crippen molar-refractivity contribution < 1.29 is 9.59 Å². The van der Waals surface area contributed by atoms with Gasteiger partial charge >= 0.3 is 0 Å². The van der Waals surface area contributed by atoms with Gasteiger partial charge in [0.15, 0.2) is 5.78 Å². The molecule has 1 rings (SSSR count). The van der Waals surface area contributed by atoms with E-state index < -0.39 is 0 Å². The van der Waals surface area contributed by atoms with Crippen LogP contribution in [0.2, 0.25) is 0 Å². The fraction of sp³-hybridized carbons (Fsp3) is 0. The zero-order chi connectivity index (χ0) is 8.97. The van der Waals surface area contributed by atoms with Gasteiger partial charge in [0.25, 0.3) is 0 Å². The van der Waals surface area contributed by atoms with E-state index in [2.05, 4.69) is 6.58 Å². The van der Waals surface area contributed by atoms with Crippen molar-refractivity contribution in [2.45, 2.75) is 0 Å². The normalized spacial score (nSPS) is 9.00. The van der Waals surface area contributed by atoms with Gasteiger partial charge in [-0.1, -0.05) is 30.8 Å². The average molecular weight is 159 g/mol. The third-order valence-electron chi connectivity index (χ3n) is 1.47. The molecule has 0 amide bonds. The molecule has 2 nitrogen and oxygen atoms in total. The van der Waals surface area contributed by atoms with Gasteiger partial charge in [-0.3, -0.25) is 9.59 Å². The Labute approximate surface area is 70.5 Å². The molecule has 1 aromatic rings. The molecule has 1 aromatic carbocycles. The predicted octanol–water partition coefficient (Wildman–Crippen LogP) is 1.51. The molecule has 0 aromatic heterocycles. The summed E-state index contributed by atoms with van der Waals surface area (Å²) in [5, 5.41) is 0. The number of rotatable bonds is 3. The van der Waals surface area contributed by atoms with Gasteiger partial charge in [0.1, 0.15) is 0 Å². The van der Waals surface area contributed by atoms with E-state index >= 15 is 0 Å². The molecule has 1 radical (unpaired) electrons. The third-order valence-corrected chi connectivity index (χ3v) is 1.47. The van der Waals surface area contributed by atoms with Crippen molar-refractivity contribution in [1.29, 1.82) is 0 Å². The van der Waals surface area contributed by atoms with E-state index in [1.54, 1.807) is 30.6 Å². The number of benzene rings is 1. The van der Waals surface area contributed by atoms with Crippen LogP contribution >= 0.6 is 0 Å². The van der Waals surface area contributed by atoms with E-state index in [0.717, 1.165) is 0 Å². The average Bonchev–Trinajstić information content (AvgIpc) is 2.17. The van der Waals surface area contributed by atoms with E-state index in [9.17, 15) is 9.59 Å². The highest BCUT2D eigenvalue weighted by molar-refractivity contribution is 6.04. The summed E-state index contributed by atoms with van der Waals surface area (Å²) >= 11 is 0. The Morgan fingerprint density at radius 1 is 1.33 bits per heavy atom. The molecule has 0 spiro atoms. The van der Waals surface area contributed by atoms with Gasteiger partial charge in [0.05, 0.1) is 0 Å². The molecule has 0 heterocycles. The predicted molar refractivity (Wildman–Crippen MR) is 45.8 cm³/mol. The minimum absolute atomic E-state index is 0.146. The molecule has 0 fully saturated rings. The van der Waals surface area contributed by atoms with Crippen LogP contribution in [0, 0.1) is 0 Å². The summed E-state index contributed by atoms with van der Waals surface area (Å²) in [4.78, 5) is 21.1. The SMILES string of the molecule is C=CC(=O)c1ccc([C]=O)cc1. The van der Waals surface area contributed by atoms with Crippen molar-refractivity contribution >= 4 is 12.1 Å². The number of allylic oxidation sites excluding steroid dienone is 1. The first-order valence-corrected chi connectivity index (χ1v) is 3.43. The van der Waals surface area contributed by atoms with Crippen LogP contribution < -0.4 is 0 Å². The first-order valence-electron chi connectivity index (χ1n) is 3.43. The number of hydrogen-bond donors (Lipinski definition) is 0. The summed E-state index contributed by atoms with van der Waals surface area (Å²) in [5.74, 6) is -0.146. The van der Waals surface area contributed by atoms with Crippen molar-refractivity contribution in [3.05, 3.63) is 48.0 Å². The Morgan fingerprint density at radius 2 is 1.92 bits per heavy atom. The molecule has 0 aliphatic rings. The van der Waals surface area contributed by atoms with Crippen LogP contribution in [0.1, 0.15) is 15.9 Å². The lowest BCUT2D eigenvalue weighted by molar-refractivity contribution is 0.104. The van der Waals surface area contributed by atoms with Gasteiger partial charge in [-0.15, -0.1) is 0 Å². The number of ketones is 1. The molecular weight excluding hydrogens is 152 g/mol. The van der Waals surface area contributed by atoms with Crippen LogP contribution in [-0.2, 0) is 4.79 Å². The van der Waals surface area contributed by atoms with E-state index in [1.807, 2.05) is 0 Å². The Bertz CT molecular complexity index is 309. The fourth-order valence-corrected chi connectivity index (χ4v) is 0.820. The zero-order valence-corrected chi connectivity index (χ0v) is 6.41. The molecule has 0 atom stereocenters. The molecule has 2 heteroatoms. The number of carbonyl (C=O) groups excluding carboxylic acids is 2. The first-order chi connectivity index (χ1) is 5.77. The highest BCUT2D eigenvalue weighted by Gasteiger charge is 1.99. The summed E-state index contributed by atoms with van der Waals surface area (Å²) in [7, 11) is 0. The quantitative estimate of drug-likeness (QED) is 0.495. The van der Waals surface area contributed by atoms with E-state index in [0.29, 0.717) is 11.1 Å². The van der Waals surface area contributed by atoms with Gasteiger partial charge in [-0.05, 0) is 6.08 Å². The van der Waals surface area contributed by atoms with Crippen LogP contribution in [0.4, 0.5) is 0 Å². The topological polar surface area (TPSA) is 34.1 Å². The molecular formula is C10H7O2. The van der Waals surface area contributed by atoms with E-state index in [4.69, 9.17) is 0 Å². The molecule has 59 valence electrons. The lowest BCUT2D eigenvalue weighted by Crippen LogP contribution is -1.93. The summed E-state index contributed by atoms with van der Waals surface area (Å²) in [5.41, 5.74) is 0.972. The minimum atomic E-state index is -0.146. The molecule has 12 heavy (non-hydrogen) atoms. The lowest BCUT2D eigenvalue weighted by Gasteiger charge is -1.93. The van der Waals surface area contributed by atoms with Gasteiger partial charge in [-0.2, -0.15) is 0 Å². The van der Waals surface area contributed by atoms with Crippen LogP contribution in [0.25, 0.3) is 0 Å². The zero-order valence-electron chi connectivity index (χ0n) is 6.41. The lowest BCUT2D eigenvalue weighted by atomic mass is 10.1. The smallest absolute Gasteiger partial charge is 0.233 e. The number of carbonyl (C=O) groups is 1. The van der Waals surface area contributed by atoms with Crippen LogP contribution in [0.5, 0.6) is 0 Å². The van der Waals surface area contributed by atoms with Crippen LogP contribution in [0.15, 0.2) is 36.9 Å². The Kier molecular flexibility index (Phi) is 2.53. The van der Waals surface area contributed by atoms with Crippen molar-refractivity contribution in [2.24, 2.45) is 0 Å². The van der Waals surface area contributed by atoms with Crippen molar-refractivity contribution in [3.8, 4) is 0 Å². The van der Waals surface area contributed by atoms with Gasteiger partial charge in [0, 0.05) is 11.1 Å². The molecule has 0 aliphatic carbocycles. The van der Waals surface area contributed by atoms with Gasteiger partial charge < -0.3 is 0 Å². The second-order valence-electron chi connectivity index (χ2n) is 2.25. The van der Waals surface area contributed by atoms with Gasteiger partial charge in [0.2, 0.25) is 6.29 Å². The number of hydrogen-bond acceptors (Lipinski definition) is 2. The third kappa shape index (κ3) is 1.66. The second kappa shape index (κ2) is 3.62. The Balaban J connectivity index is 2.99. The van der Waals surface area contributed by atoms with Crippen molar-refractivity contribution in [2.75, 3.05) is 0 Å². The van der Waals surface area contributed by atoms with Crippen molar-refractivity contribution in [3.63, 3.8) is 0 Å². The molecule has 0 bridgehead atoms. The Hall–Kier alpha value is -1.70. The standard InChI is InChI=1S/C10H7O2/c1-2-10(12)9-5-3-8(7-11)4-6-9/h2-6H,1H2. The monoisotopic (exact) mass is 159 g/mol. The molecule has 0 aliphatic heterocycles.